The minimum absolute atomic E-state index is 0.154. The molecule has 1 aliphatic carbocycles. The highest BCUT2D eigenvalue weighted by atomic mass is 16.5. The van der Waals surface area contributed by atoms with Crippen LogP contribution < -0.4 is 0 Å². The smallest absolute Gasteiger partial charge is 0.355 e. The van der Waals surface area contributed by atoms with E-state index in [0.717, 1.165) is 30.5 Å². The van der Waals surface area contributed by atoms with E-state index in [9.17, 15) is 15.0 Å². The maximum atomic E-state index is 12.4. The second-order valence-corrected chi connectivity index (χ2v) is 8.54. The molecule has 3 rings (SSSR count). The Balaban J connectivity index is 2.06. The van der Waals surface area contributed by atoms with Gasteiger partial charge in [0.2, 0.25) is 0 Å². The lowest BCUT2D eigenvalue weighted by Gasteiger charge is -2.34. The first kappa shape index (κ1) is 19.8. The predicted octanol–water partition coefficient (Wildman–Crippen LogP) is 2.79. The summed E-state index contributed by atoms with van der Waals surface area (Å²) in [6.07, 6.45) is 2.19. The summed E-state index contributed by atoms with van der Waals surface area (Å²) < 4.78 is 5.16. The van der Waals surface area contributed by atoms with Crippen molar-refractivity contribution in [1.82, 2.24) is 9.97 Å². The quantitative estimate of drug-likeness (QED) is 0.700. The molecule has 0 fully saturated rings. The zero-order valence-corrected chi connectivity index (χ0v) is 16.6. The van der Waals surface area contributed by atoms with Crippen molar-refractivity contribution >= 4 is 17.0 Å². The second kappa shape index (κ2) is 7.60. The fourth-order valence-electron chi connectivity index (χ4n) is 3.93. The molecule has 1 aliphatic rings. The van der Waals surface area contributed by atoms with Crippen LogP contribution in [0.15, 0.2) is 6.07 Å². The topological polar surface area (TPSA) is 95.4 Å². The molecule has 0 radical (unpaired) electrons. The number of hydrogen-bond acceptors (Lipinski definition) is 5. The number of aliphatic hydroxyl groups is 2. The molecule has 2 atom stereocenters. The molecule has 148 valence electrons. The van der Waals surface area contributed by atoms with Gasteiger partial charge >= 0.3 is 5.97 Å². The Morgan fingerprint density at radius 2 is 2.19 bits per heavy atom. The summed E-state index contributed by atoms with van der Waals surface area (Å²) >= 11 is 0. The number of H-pyrrole nitrogens is 1. The number of carbonyl (C=O) groups excluding carboxylic acids is 1. The van der Waals surface area contributed by atoms with E-state index in [2.05, 4.69) is 31.8 Å². The predicted molar refractivity (Wildman–Crippen MR) is 104 cm³/mol. The normalized spacial score (nSPS) is 18.4. The van der Waals surface area contributed by atoms with E-state index in [1.54, 1.807) is 6.92 Å². The second-order valence-electron chi connectivity index (χ2n) is 8.54. The summed E-state index contributed by atoms with van der Waals surface area (Å²) in [6, 6.07) is 2.09. The Morgan fingerprint density at radius 1 is 1.44 bits per heavy atom. The van der Waals surface area contributed by atoms with Crippen molar-refractivity contribution in [2.75, 3.05) is 13.2 Å². The number of nitrogens with zero attached hydrogens (tertiary/aromatic N) is 1. The fourth-order valence-corrected chi connectivity index (χ4v) is 3.93. The lowest BCUT2D eigenvalue weighted by Crippen LogP contribution is -2.27. The number of esters is 1. The molecular formula is C21H30N2O4. The lowest BCUT2D eigenvalue weighted by atomic mass is 9.71. The Hall–Kier alpha value is -1.92. The van der Waals surface area contributed by atoms with E-state index < -0.39 is 12.1 Å². The first-order valence-electron chi connectivity index (χ1n) is 9.74. The van der Waals surface area contributed by atoms with E-state index in [0.29, 0.717) is 22.7 Å². The van der Waals surface area contributed by atoms with Gasteiger partial charge in [0.1, 0.15) is 5.69 Å². The van der Waals surface area contributed by atoms with Crippen LogP contribution in [0.5, 0.6) is 0 Å². The molecule has 2 aromatic rings. The maximum Gasteiger partial charge on any atom is 0.355 e. The summed E-state index contributed by atoms with van der Waals surface area (Å²) in [7, 11) is 0. The summed E-state index contributed by atoms with van der Waals surface area (Å²) in [5.41, 5.74) is 4.95. The highest BCUT2D eigenvalue weighted by Gasteiger charge is 2.30. The van der Waals surface area contributed by atoms with Crippen LogP contribution >= 0.6 is 0 Å². The van der Waals surface area contributed by atoms with Crippen LogP contribution in [0.1, 0.15) is 61.4 Å². The van der Waals surface area contributed by atoms with Gasteiger partial charge in [-0.3, -0.25) is 4.98 Å². The summed E-state index contributed by atoms with van der Waals surface area (Å²) in [5.74, 6) is 0.139. The first-order chi connectivity index (χ1) is 12.7. The SMILES string of the molecule is CCOC(=O)c1[nH]c2cc3c(nc2c1CC(O)CO)CCC(C(C)(C)C)C3. The number of aromatic nitrogens is 2. The van der Waals surface area contributed by atoms with Gasteiger partial charge in [0.25, 0.3) is 0 Å². The van der Waals surface area contributed by atoms with Crippen molar-refractivity contribution in [3.8, 4) is 0 Å². The maximum absolute atomic E-state index is 12.4. The van der Waals surface area contributed by atoms with Gasteiger partial charge < -0.3 is 19.9 Å². The number of aliphatic hydroxyl groups excluding tert-OH is 2. The number of pyridine rings is 1. The van der Waals surface area contributed by atoms with Crippen LogP contribution in [0, 0.1) is 11.3 Å². The average molecular weight is 374 g/mol. The molecule has 2 heterocycles. The molecule has 0 aromatic carbocycles. The van der Waals surface area contributed by atoms with Crippen LogP contribution in [0.4, 0.5) is 0 Å². The fraction of sp³-hybridized carbons (Fsp3) is 0.619. The zero-order valence-electron chi connectivity index (χ0n) is 16.6. The number of carbonyl (C=O) groups is 1. The molecule has 6 heteroatoms. The van der Waals surface area contributed by atoms with Gasteiger partial charge in [-0.2, -0.15) is 0 Å². The van der Waals surface area contributed by atoms with Crippen LogP contribution in [-0.4, -0.2) is 45.5 Å². The molecule has 0 bridgehead atoms. The largest absolute Gasteiger partial charge is 0.461 e. The third-order valence-electron chi connectivity index (χ3n) is 5.59. The van der Waals surface area contributed by atoms with E-state index in [4.69, 9.17) is 9.72 Å². The molecule has 0 saturated heterocycles. The molecule has 0 spiro atoms. The third-order valence-corrected chi connectivity index (χ3v) is 5.59. The standard InChI is InChI=1S/C21H30N2O4/c1-5-27-20(26)19-15(10-14(25)11-24)18-17(23-19)9-12-8-13(21(2,3)4)6-7-16(12)22-18/h9,13-14,23-25H,5-8,10-11H2,1-4H3. The molecular weight excluding hydrogens is 344 g/mol. The Morgan fingerprint density at radius 3 is 2.81 bits per heavy atom. The molecule has 27 heavy (non-hydrogen) atoms. The van der Waals surface area contributed by atoms with Gasteiger partial charge in [0.05, 0.1) is 30.4 Å². The third kappa shape index (κ3) is 4.01. The Bertz CT molecular complexity index is 835. The lowest BCUT2D eigenvalue weighted by molar-refractivity contribution is 0.0516. The van der Waals surface area contributed by atoms with Crippen LogP contribution in [-0.2, 0) is 24.0 Å². The van der Waals surface area contributed by atoms with Crippen LogP contribution in [0.25, 0.3) is 11.0 Å². The van der Waals surface area contributed by atoms with Crippen molar-refractivity contribution in [3.05, 3.63) is 28.6 Å². The number of aryl methyl sites for hydroxylation is 1. The molecule has 3 N–H and O–H groups in total. The minimum Gasteiger partial charge on any atom is -0.461 e. The van der Waals surface area contributed by atoms with Gasteiger partial charge in [-0.25, -0.2) is 4.79 Å². The number of nitrogens with one attached hydrogen (secondary N) is 1. The molecule has 6 nitrogen and oxygen atoms in total. The number of fused-ring (bicyclic) bond motifs is 2. The van der Waals surface area contributed by atoms with Crippen molar-refractivity contribution < 1.29 is 19.7 Å². The van der Waals surface area contributed by atoms with Gasteiger partial charge in [-0.05, 0) is 49.1 Å². The first-order valence-corrected chi connectivity index (χ1v) is 9.74. The highest BCUT2D eigenvalue weighted by molar-refractivity contribution is 5.97. The van der Waals surface area contributed by atoms with Crippen molar-refractivity contribution in [3.63, 3.8) is 0 Å². The zero-order chi connectivity index (χ0) is 19.8. The highest BCUT2D eigenvalue weighted by Crippen LogP contribution is 2.38. The molecule has 0 amide bonds. The van der Waals surface area contributed by atoms with Crippen molar-refractivity contribution in [1.29, 1.82) is 0 Å². The number of rotatable bonds is 5. The van der Waals surface area contributed by atoms with E-state index in [1.807, 2.05) is 0 Å². The van der Waals surface area contributed by atoms with E-state index >= 15 is 0 Å². The Kier molecular flexibility index (Phi) is 5.58. The van der Waals surface area contributed by atoms with Crippen LogP contribution in [0.3, 0.4) is 0 Å². The minimum atomic E-state index is -0.944. The molecule has 2 unspecified atom stereocenters. The summed E-state index contributed by atoms with van der Waals surface area (Å²) in [4.78, 5) is 20.4. The monoisotopic (exact) mass is 374 g/mol. The van der Waals surface area contributed by atoms with E-state index in [1.165, 1.54) is 5.56 Å². The van der Waals surface area contributed by atoms with Crippen LogP contribution in [0.2, 0.25) is 0 Å². The molecule has 2 aromatic heterocycles. The van der Waals surface area contributed by atoms with Crippen molar-refractivity contribution in [2.45, 2.75) is 59.5 Å². The molecule has 0 saturated carbocycles. The van der Waals surface area contributed by atoms with Gasteiger partial charge in [-0.1, -0.05) is 20.8 Å². The number of aromatic amines is 1. The molecule has 0 aliphatic heterocycles. The van der Waals surface area contributed by atoms with Gasteiger partial charge in [-0.15, -0.1) is 0 Å². The number of hydrogen-bond donors (Lipinski definition) is 3. The average Bonchev–Trinajstić information content (AvgIpc) is 2.96. The van der Waals surface area contributed by atoms with Crippen molar-refractivity contribution in [2.24, 2.45) is 11.3 Å². The summed E-state index contributed by atoms with van der Waals surface area (Å²) in [5, 5.41) is 19.2. The number of ether oxygens (including phenoxy) is 1. The summed E-state index contributed by atoms with van der Waals surface area (Å²) in [6.45, 7) is 8.48. The Labute approximate surface area is 160 Å². The van der Waals surface area contributed by atoms with E-state index in [-0.39, 0.29) is 25.0 Å². The van der Waals surface area contributed by atoms with Gasteiger partial charge in [0.15, 0.2) is 0 Å². The van der Waals surface area contributed by atoms with Gasteiger partial charge in [0, 0.05) is 17.7 Å².